The van der Waals surface area contributed by atoms with Crippen molar-refractivity contribution in [2.75, 3.05) is 40.5 Å². The van der Waals surface area contributed by atoms with Crippen molar-refractivity contribution in [2.24, 2.45) is 4.99 Å². The van der Waals surface area contributed by atoms with Gasteiger partial charge in [0.15, 0.2) is 5.96 Å². The van der Waals surface area contributed by atoms with Gasteiger partial charge in [-0.2, -0.15) is 0 Å². The minimum atomic E-state index is 0.252. The lowest BCUT2D eigenvalue weighted by Crippen LogP contribution is -2.44. The quantitative estimate of drug-likeness (QED) is 0.354. The molecule has 0 bridgehead atoms. The van der Waals surface area contributed by atoms with Crippen LogP contribution in [-0.4, -0.2) is 52.5 Å². The average molecular weight is 259 g/mol. The molecule has 5 heteroatoms. The van der Waals surface area contributed by atoms with Crippen LogP contribution in [0.5, 0.6) is 0 Å². The molecule has 108 valence electrons. The third-order valence-electron chi connectivity index (χ3n) is 2.42. The van der Waals surface area contributed by atoms with Gasteiger partial charge in [-0.1, -0.05) is 13.3 Å². The van der Waals surface area contributed by atoms with E-state index in [-0.39, 0.29) is 6.04 Å². The van der Waals surface area contributed by atoms with Crippen molar-refractivity contribution in [3.8, 4) is 0 Å². The van der Waals surface area contributed by atoms with Gasteiger partial charge in [0.1, 0.15) is 0 Å². The molecule has 0 amide bonds. The molecule has 0 aliphatic carbocycles. The molecule has 0 rings (SSSR count). The highest BCUT2D eigenvalue weighted by Crippen LogP contribution is 1.89. The minimum absolute atomic E-state index is 0.252. The SMILES string of the molecule is CCCCOCCCNC(=NC)NC(C)COC. The maximum absolute atomic E-state index is 5.49. The predicted octanol–water partition coefficient (Wildman–Crippen LogP) is 1.39. The topological polar surface area (TPSA) is 54.9 Å². The molecule has 0 saturated heterocycles. The zero-order chi connectivity index (χ0) is 13.6. The zero-order valence-electron chi connectivity index (χ0n) is 12.3. The molecule has 0 fully saturated rings. The highest BCUT2D eigenvalue weighted by atomic mass is 16.5. The molecule has 0 spiro atoms. The van der Waals surface area contributed by atoms with Gasteiger partial charge in [0, 0.05) is 40.0 Å². The number of methoxy groups -OCH3 is 1. The summed E-state index contributed by atoms with van der Waals surface area (Å²) in [5.41, 5.74) is 0. The molecule has 0 aromatic carbocycles. The fourth-order valence-corrected chi connectivity index (χ4v) is 1.45. The van der Waals surface area contributed by atoms with Crippen LogP contribution in [0.2, 0.25) is 0 Å². The summed E-state index contributed by atoms with van der Waals surface area (Å²) in [7, 11) is 3.47. The van der Waals surface area contributed by atoms with Crippen molar-refractivity contribution in [3.05, 3.63) is 0 Å². The van der Waals surface area contributed by atoms with E-state index in [4.69, 9.17) is 9.47 Å². The van der Waals surface area contributed by atoms with E-state index in [1.165, 1.54) is 6.42 Å². The second-order valence-corrected chi connectivity index (χ2v) is 4.32. The number of nitrogens with zero attached hydrogens (tertiary/aromatic N) is 1. The van der Waals surface area contributed by atoms with E-state index in [0.717, 1.165) is 38.6 Å². The highest BCUT2D eigenvalue weighted by molar-refractivity contribution is 5.79. The van der Waals surface area contributed by atoms with Gasteiger partial charge in [0.2, 0.25) is 0 Å². The number of guanidine groups is 1. The van der Waals surface area contributed by atoms with Crippen molar-refractivity contribution in [1.82, 2.24) is 10.6 Å². The zero-order valence-corrected chi connectivity index (χ0v) is 12.3. The molecule has 0 aliphatic rings. The van der Waals surface area contributed by atoms with Gasteiger partial charge in [-0.3, -0.25) is 4.99 Å². The van der Waals surface area contributed by atoms with E-state index in [9.17, 15) is 0 Å². The van der Waals surface area contributed by atoms with Crippen LogP contribution in [0.4, 0.5) is 0 Å². The lowest BCUT2D eigenvalue weighted by Gasteiger charge is -2.17. The van der Waals surface area contributed by atoms with E-state index >= 15 is 0 Å². The number of aliphatic imine (C=N–C) groups is 1. The molecule has 0 aromatic rings. The average Bonchev–Trinajstić information content (AvgIpc) is 2.36. The third kappa shape index (κ3) is 10.4. The molecule has 1 atom stereocenters. The Hall–Kier alpha value is -0.810. The monoisotopic (exact) mass is 259 g/mol. The van der Waals surface area contributed by atoms with Crippen molar-refractivity contribution < 1.29 is 9.47 Å². The first-order valence-corrected chi connectivity index (χ1v) is 6.78. The molecule has 0 aliphatic heterocycles. The molecule has 18 heavy (non-hydrogen) atoms. The van der Waals surface area contributed by atoms with Crippen molar-refractivity contribution in [2.45, 2.75) is 39.2 Å². The summed E-state index contributed by atoms with van der Waals surface area (Å²) >= 11 is 0. The Morgan fingerprint density at radius 3 is 2.61 bits per heavy atom. The van der Waals surface area contributed by atoms with Crippen LogP contribution in [0, 0.1) is 0 Å². The molecule has 0 aromatic heterocycles. The molecule has 0 saturated carbocycles. The summed E-state index contributed by atoms with van der Waals surface area (Å²) in [5, 5.41) is 6.50. The maximum Gasteiger partial charge on any atom is 0.191 e. The first-order valence-electron chi connectivity index (χ1n) is 6.78. The highest BCUT2D eigenvalue weighted by Gasteiger charge is 2.03. The number of nitrogens with one attached hydrogen (secondary N) is 2. The van der Waals surface area contributed by atoms with Crippen LogP contribution >= 0.6 is 0 Å². The van der Waals surface area contributed by atoms with Crippen molar-refractivity contribution >= 4 is 5.96 Å². The molecule has 2 N–H and O–H groups in total. The summed E-state index contributed by atoms with van der Waals surface area (Å²) in [6.45, 7) is 7.43. The Morgan fingerprint density at radius 1 is 1.28 bits per heavy atom. The molecular formula is C13H29N3O2. The van der Waals surface area contributed by atoms with Crippen LogP contribution in [0.15, 0.2) is 4.99 Å². The Bertz CT molecular complexity index is 210. The standard InChI is InChI=1S/C13H29N3O2/c1-5-6-9-18-10-7-8-15-13(14-3)16-12(2)11-17-4/h12H,5-11H2,1-4H3,(H2,14,15,16). The van der Waals surface area contributed by atoms with Crippen LogP contribution in [0.1, 0.15) is 33.1 Å². The lowest BCUT2D eigenvalue weighted by atomic mass is 10.3. The smallest absolute Gasteiger partial charge is 0.191 e. The van der Waals surface area contributed by atoms with Crippen LogP contribution in [0.3, 0.4) is 0 Å². The Balaban J connectivity index is 3.51. The van der Waals surface area contributed by atoms with Gasteiger partial charge in [0.05, 0.1) is 6.61 Å². The van der Waals surface area contributed by atoms with E-state index in [1.54, 1.807) is 14.2 Å². The fraction of sp³-hybridized carbons (Fsp3) is 0.923. The fourth-order valence-electron chi connectivity index (χ4n) is 1.45. The van der Waals surface area contributed by atoms with E-state index in [2.05, 4.69) is 29.5 Å². The van der Waals surface area contributed by atoms with Gasteiger partial charge < -0.3 is 20.1 Å². The molecule has 0 heterocycles. The normalized spacial score (nSPS) is 13.4. The number of unbranched alkanes of at least 4 members (excludes halogenated alkanes) is 1. The van der Waals surface area contributed by atoms with E-state index in [1.807, 2.05) is 0 Å². The second-order valence-electron chi connectivity index (χ2n) is 4.32. The van der Waals surface area contributed by atoms with Gasteiger partial charge in [-0.05, 0) is 19.8 Å². The number of ether oxygens (including phenoxy) is 2. The number of rotatable bonds is 10. The summed E-state index contributed by atoms with van der Waals surface area (Å²) in [4.78, 5) is 4.16. The molecule has 5 nitrogen and oxygen atoms in total. The van der Waals surface area contributed by atoms with Crippen molar-refractivity contribution in [3.63, 3.8) is 0 Å². The van der Waals surface area contributed by atoms with Crippen molar-refractivity contribution in [1.29, 1.82) is 0 Å². The van der Waals surface area contributed by atoms with Gasteiger partial charge in [-0.15, -0.1) is 0 Å². The lowest BCUT2D eigenvalue weighted by molar-refractivity contribution is 0.129. The van der Waals surface area contributed by atoms with Crippen LogP contribution in [-0.2, 0) is 9.47 Å². The maximum atomic E-state index is 5.49. The minimum Gasteiger partial charge on any atom is -0.383 e. The number of hydrogen-bond donors (Lipinski definition) is 2. The summed E-state index contributed by atoms with van der Waals surface area (Å²) in [6, 6.07) is 0.252. The first kappa shape index (κ1) is 17.2. The van der Waals surface area contributed by atoms with E-state index < -0.39 is 0 Å². The summed E-state index contributed by atoms with van der Waals surface area (Å²) in [5.74, 6) is 0.813. The van der Waals surface area contributed by atoms with E-state index in [0.29, 0.717) is 6.61 Å². The summed E-state index contributed by atoms with van der Waals surface area (Å²) < 4.78 is 10.6. The Morgan fingerprint density at radius 2 is 2.00 bits per heavy atom. The molecule has 1 unspecified atom stereocenters. The van der Waals surface area contributed by atoms with Crippen LogP contribution in [0.25, 0.3) is 0 Å². The molecule has 0 radical (unpaired) electrons. The van der Waals surface area contributed by atoms with Gasteiger partial charge in [-0.25, -0.2) is 0 Å². The predicted molar refractivity (Wildman–Crippen MR) is 76.2 cm³/mol. The summed E-state index contributed by atoms with van der Waals surface area (Å²) in [6.07, 6.45) is 3.32. The van der Waals surface area contributed by atoms with Gasteiger partial charge in [0.25, 0.3) is 0 Å². The Labute approximate surface area is 111 Å². The first-order chi connectivity index (χ1) is 8.74. The second kappa shape index (κ2) is 12.6. The third-order valence-corrected chi connectivity index (χ3v) is 2.42. The number of hydrogen-bond acceptors (Lipinski definition) is 3. The molecular weight excluding hydrogens is 230 g/mol. The Kier molecular flexibility index (Phi) is 12.1. The van der Waals surface area contributed by atoms with Crippen LogP contribution < -0.4 is 10.6 Å². The van der Waals surface area contributed by atoms with Gasteiger partial charge >= 0.3 is 0 Å². The largest absolute Gasteiger partial charge is 0.383 e.